The minimum Gasteiger partial charge on any atom is -0.481 e. The van der Waals surface area contributed by atoms with E-state index < -0.39 is 40.9 Å². The highest BCUT2D eigenvalue weighted by atomic mass is 35.5. The zero-order chi connectivity index (χ0) is 18.3. The maximum Gasteiger partial charge on any atom is 0.307 e. The van der Waals surface area contributed by atoms with E-state index >= 15 is 0 Å². The van der Waals surface area contributed by atoms with Gasteiger partial charge in [-0.2, -0.15) is 0 Å². The summed E-state index contributed by atoms with van der Waals surface area (Å²) >= 11 is 5.02. The van der Waals surface area contributed by atoms with Crippen LogP contribution in [0.3, 0.4) is 0 Å². The first-order chi connectivity index (χ1) is 11.2. The molecular formula is C16H11ClF4O3. The minimum atomic E-state index is -1.14. The SMILES string of the molecule is O=C(Cl)Cc1ccc(F)cc1F.O=C(O)Cc1ccc(F)cc1F. The van der Waals surface area contributed by atoms with Gasteiger partial charge in [0.1, 0.15) is 23.3 Å². The Hall–Kier alpha value is -2.41. The largest absolute Gasteiger partial charge is 0.481 e. The van der Waals surface area contributed by atoms with Crippen molar-refractivity contribution < 1.29 is 32.3 Å². The Morgan fingerprint density at radius 1 is 0.833 bits per heavy atom. The van der Waals surface area contributed by atoms with E-state index in [1.807, 2.05) is 0 Å². The molecule has 0 heterocycles. The lowest BCUT2D eigenvalue weighted by Gasteiger charge is -1.98. The van der Waals surface area contributed by atoms with E-state index in [9.17, 15) is 27.2 Å². The molecule has 0 amide bonds. The van der Waals surface area contributed by atoms with E-state index in [4.69, 9.17) is 16.7 Å². The summed E-state index contributed by atoms with van der Waals surface area (Å²) in [6.45, 7) is 0. The van der Waals surface area contributed by atoms with Crippen LogP contribution in [0.1, 0.15) is 11.1 Å². The van der Waals surface area contributed by atoms with Crippen LogP contribution in [-0.2, 0) is 22.4 Å². The molecule has 0 atom stereocenters. The summed E-state index contributed by atoms with van der Waals surface area (Å²) in [6.07, 6.45) is -0.639. The fraction of sp³-hybridized carbons (Fsp3) is 0.125. The fourth-order valence-electron chi connectivity index (χ4n) is 1.64. The summed E-state index contributed by atoms with van der Waals surface area (Å²) in [4.78, 5) is 20.5. The number of carbonyl (C=O) groups excluding carboxylic acids is 1. The Labute approximate surface area is 139 Å². The highest BCUT2D eigenvalue weighted by Crippen LogP contribution is 2.11. The van der Waals surface area contributed by atoms with Gasteiger partial charge in [-0.3, -0.25) is 9.59 Å². The van der Waals surface area contributed by atoms with Crippen LogP contribution in [0.25, 0.3) is 0 Å². The topological polar surface area (TPSA) is 54.4 Å². The molecule has 8 heteroatoms. The Bertz CT molecular complexity index is 687. The molecule has 1 N–H and O–H groups in total. The van der Waals surface area contributed by atoms with E-state index in [1.54, 1.807) is 0 Å². The van der Waals surface area contributed by atoms with Gasteiger partial charge >= 0.3 is 5.97 Å². The Morgan fingerprint density at radius 2 is 1.25 bits per heavy atom. The molecule has 0 aromatic heterocycles. The van der Waals surface area contributed by atoms with Crippen molar-refractivity contribution in [2.45, 2.75) is 12.8 Å². The fourth-order valence-corrected chi connectivity index (χ4v) is 1.79. The molecule has 2 aromatic rings. The first kappa shape index (κ1) is 19.6. The number of halogens is 5. The third kappa shape index (κ3) is 6.78. The second kappa shape index (κ2) is 9.02. The van der Waals surface area contributed by atoms with Crippen molar-refractivity contribution in [2.75, 3.05) is 0 Å². The Kier molecular flexibility index (Phi) is 7.38. The lowest BCUT2D eigenvalue weighted by molar-refractivity contribution is -0.136. The van der Waals surface area contributed by atoms with Gasteiger partial charge in [0.05, 0.1) is 6.42 Å². The molecule has 2 rings (SSSR count). The van der Waals surface area contributed by atoms with Gasteiger partial charge in [-0.1, -0.05) is 12.1 Å². The van der Waals surface area contributed by atoms with E-state index in [2.05, 4.69) is 0 Å². The van der Waals surface area contributed by atoms with Gasteiger partial charge in [0.2, 0.25) is 5.24 Å². The highest BCUT2D eigenvalue weighted by molar-refractivity contribution is 6.63. The van der Waals surface area contributed by atoms with Gasteiger partial charge < -0.3 is 5.11 Å². The molecule has 2 aromatic carbocycles. The van der Waals surface area contributed by atoms with Gasteiger partial charge in [0, 0.05) is 18.6 Å². The number of carboxylic acid groups (broad SMARTS) is 1. The normalized spacial score (nSPS) is 9.88. The maximum atomic E-state index is 12.8. The molecular weight excluding hydrogens is 352 g/mol. The average Bonchev–Trinajstić information content (AvgIpc) is 2.45. The smallest absolute Gasteiger partial charge is 0.307 e. The third-order valence-electron chi connectivity index (χ3n) is 2.70. The van der Waals surface area contributed by atoms with Crippen molar-refractivity contribution in [3.8, 4) is 0 Å². The van der Waals surface area contributed by atoms with Crippen molar-refractivity contribution in [2.24, 2.45) is 0 Å². The first-order valence-corrected chi connectivity index (χ1v) is 6.85. The standard InChI is InChI=1S/C8H5ClF2O.C8H6F2O2/c9-8(12)3-5-1-2-6(10)4-7(5)11;9-6-2-1-5(3-8(11)12)7(10)4-6/h1-2,4H,3H2;1-2,4H,3H2,(H,11,12). The Balaban J connectivity index is 0.000000240. The van der Waals surface area contributed by atoms with Crippen LogP contribution in [0.4, 0.5) is 17.6 Å². The van der Waals surface area contributed by atoms with Gasteiger partial charge in [-0.05, 0) is 34.9 Å². The molecule has 0 saturated carbocycles. The average molecular weight is 363 g/mol. The first-order valence-electron chi connectivity index (χ1n) is 6.47. The number of benzene rings is 2. The zero-order valence-corrected chi connectivity index (χ0v) is 12.8. The summed E-state index contributed by atoms with van der Waals surface area (Å²) in [7, 11) is 0. The molecule has 0 bridgehead atoms. The van der Waals surface area contributed by atoms with Crippen molar-refractivity contribution in [1.29, 1.82) is 0 Å². The molecule has 24 heavy (non-hydrogen) atoms. The summed E-state index contributed by atoms with van der Waals surface area (Å²) in [6, 6.07) is 5.82. The van der Waals surface area contributed by atoms with Crippen LogP contribution in [-0.4, -0.2) is 16.3 Å². The van der Waals surface area contributed by atoms with Gasteiger partial charge in [-0.15, -0.1) is 0 Å². The predicted molar refractivity (Wildman–Crippen MR) is 78.6 cm³/mol. The van der Waals surface area contributed by atoms with Crippen molar-refractivity contribution in [1.82, 2.24) is 0 Å². The summed E-state index contributed by atoms with van der Waals surface area (Å²) in [5, 5.41) is 7.63. The van der Waals surface area contributed by atoms with Crippen molar-refractivity contribution in [3.63, 3.8) is 0 Å². The molecule has 0 aliphatic heterocycles. The molecule has 0 unspecified atom stereocenters. The predicted octanol–water partition coefficient (Wildman–Crippen LogP) is 3.86. The number of carbonyl (C=O) groups is 2. The molecule has 128 valence electrons. The molecule has 0 aliphatic carbocycles. The van der Waals surface area contributed by atoms with E-state index in [-0.39, 0.29) is 17.5 Å². The molecule has 0 radical (unpaired) electrons. The number of rotatable bonds is 4. The number of hydrogen-bond donors (Lipinski definition) is 1. The summed E-state index contributed by atoms with van der Waals surface area (Å²) in [5.74, 6) is -4.08. The quantitative estimate of drug-likeness (QED) is 0.663. The molecule has 0 saturated heterocycles. The van der Waals surface area contributed by atoms with Crippen LogP contribution in [0, 0.1) is 23.3 Å². The number of hydrogen-bond acceptors (Lipinski definition) is 2. The zero-order valence-electron chi connectivity index (χ0n) is 12.0. The molecule has 0 spiro atoms. The second-order valence-electron chi connectivity index (χ2n) is 4.57. The lowest BCUT2D eigenvalue weighted by atomic mass is 10.1. The van der Waals surface area contributed by atoms with Crippen LogP contribution in [0.15, 0.2) is 36.4 Å². The summed E-state index contributed by atoms with van der Waals surface area (Å²) < 4.78 is 50.1. The van der Waals surface area contributed by atoms with Crippen LogP contribution >= 0.6 is 11.6 Å². The van der Waals surface area contributed by atoms with Gasteiger partial charge in [0.15, 0.2) is 0 Å². The van der Waals surface area contributed by atoms with E-state index in [0.717, 1.165) is 24.3 Å². The Morgan fingerprint density at radius 3 is 1.58 bits per heavy atom. The number of carboxylic acids is 1. The molecule has 0 aliphatic rings. The third-order valence-corrected chi connectivity index (χ3v) is 2.83. The monoisotopic (exact) mass is 362 g/mol. The van der Waals surface area contributed by atoms with Crippen LogP contribution in [0.5, 0.6) is 0 Å². The van der Waals surface area contributed by atoms with Crippen LogP contribution in [0.2, 0.25) is 0 Å². The second-order valence-corrected chi connectivity index (χ2v) is 5.00. The van der Waals surface area contributed by atoms with Crippen molar-refractivity contribution >= 4 is 22.8 Å². The minimum absolute atomic E-state index is 0.0103. The lowest BCUT2D eigenvalue weighted by Crippen LogP contribution is -2.02. The van der Waals surface area contributed by atoms with Gasteiger partial charge in [-0.25, -0.2) is 17.6 Å². The van der Waals surface area contributed by atoms with Crippen LogP contribution < -0.4 is 0 Å². The van der Waals surface area contributed by atoms with E-state index in [0.29, 0.717) is 6.07 Å². The number of aliphatic carboxylic acids is 1. The van der Waals surface area contributed by atoms with E-state index in [1.165, 1.54) is 6.07 Å². The maximum absolute atomic E-state index is 12.8. The molecule has 3 nitrogen and oxygen atoms in total. The molecule has 0 fully saturated rings. The highest BCUT2D eigenvalue weighted by Gasteiger charge is 2.07. The van der Waals surface area contributed by atoms with Crippen molar-refractivity contribution in [3.05, 3.63) is 70.8 Å². The van der Waals surface area contributed by atoms with Gasteiger partial charge in [0.25, 0.3) is 0 Å². The summed E-state index contributed by atoms with van der Waals surface area (Å²) in [5.41, 5.74) is 0.0975.